The first kappa shape index (κ1) is 22.7. The van der Waals surface area contributed by atoms with Gasteiger partial charge < -0.3 is 18.6 Å². The van der Waals surface area contributed by atoms with Gasteiger partial charge in [-0.1, -0.05) is 23.7 Å². The highest BCUT2D eigenvalue weighted by molar-refractivity contribution is 6.31. The van der Waals surface area contributed by atoms with Crippen LogP contribution in [0.15, 0.2) is 57.7 Å². The number of aryl methyl sites for hydroxylation is 2. The van der Waals surface area contributed by atoms with E-state index >= 15 is 0 Å². The maximum atomic E-state index is 14.3. The Labute approximate surface area is 195 Å². The van der Waals surface area contributed by atoms with Crippen molar-refractivity contribution in [2.75, 3.05) is 14.2 Å². The summed E-state index contributed by atoms with van der Waals surface area (Å²) in [5.41, 5.74) is 2.51. The smallest absolute Gasteiger partial charge is 0.235 e. The zero-order chi connectivity index (χ0) is 23.7. The van der Waals surface area contributed by atoms with E-state index in [9.17, 15) is 9.18 Å². The summed E-state index contributed by atoms with van der Waals surface area (Å²) in [5.74, 6) is 0.622. The molecule has 1 aromatic heterocycles. The highest BCUT2D eigenvalue weighted by Crippen LogP contribution is 2.38. The van der Waals surface area contributed by atoms with Gasteiger partial charge in [0.05, 0.1) is 24.6 Å². The summed E-state index contributed by atoms with van der Waals surface area (Å²) in [6.07, 6.45) is 0. The average Bonchev–Trinajstić information content (AvgIpc) is 2.79. The van der Waals surface area contributed by atoms with E-state index in [1.807, 2.05) is 19.9 Å². The highest BCUT2D eigenvalue weighted by atomic mass is 35.5. The normalized spacial score (nSPS) is 11.0. The molecule has 0 spiro atoms. The lowest BCUT2D eigenvalue weighted by Crippen LogP contribution is -2.12. The molecule has 4 aromatic rings. The van der Waals surface area contributed by atoms with Gasteiger partial charge in [0.1, 0.15) is 18.0 Å². The molecular formula is C26H22ClFO5. The first-order chi connectivity index (χ1) is 15.8. The fourth-order valence-electron chi connectivity index (χ4n) is 3.75. The number of benzene rings is 3. The minimum Gasteiger partial charge on any atom is -0.493 e. The Kier molecular flexibility index (Phi) is 6.29. The van der Waals surface area contributed by atoms with Crippen molar-refractivity contribution < 1.29 is 23.0 Å². The second kappa shape index (κ2) is 9.16. The lowest BCUT2D eigenvalue weighted by molar-refractivity contribution is 0.292. The highest BCUT2D eigenvalue weighted by Gasteiger charge is 2.21. The molecule has 0 bridgehead atoms. The van der Waals surface area contributed by atoms with Crippen LogP contribution in [0.4, 0.5) is 4.39 Å². The van der Waals surface area contributed by atoms with Gasteiger partial charge in [-0.2, -0.15) is 0 Å². The van der Waals surface area contributed by atoms with Crippen LogP contribution in [0.3, 0.4) is 0 Å². The molecule has 0 radical (unpaired) electrons. The van der Waals surface area contributed by atoms with Crippen LogP contribution in [0.2, 0.25) is 5.02 Å². The maximum Gasteiger partial charge on any atom is 0.235 e. The molecule has 33 heavy (non-hydrogen) atoms. The summed E-state index contributed by atoms with van der Waals surface area (Å²) >= 11 is 6.15. The van der Waals surface area contributed by atoms with E-state index in [-0.39, 0.29) is 34.1 Å². The van der Waals surface area contributed by atoms with Crippen molar-refractivity contribution in [3.8, 4) is 28.6 Å². The van der Waals surface area contributed by atoms with Crippen molar-refractivity contribution in [2.24, 2.45) is 0 Å². The first-order valence-electron chi connectivity index (χ1n) is 10.2. The van der Waals surface area contributed by atoms with E-state index < -0.39 is 5.82 Å². The Bertz CT molecular complexity index is 1390. The zero-order valence-corrected chi connectivity index (χ0v) is 19.4. The third kappa shape index (κ3) is 4.26. The Balaban J connectivity index is 1.93. The molecule has 1 heterocycles. The summed E-state index contributed by atoms with van der Waals surface area (Å²) in [7, 11) is 3.05. The Hall–Kier alpha value is -3.51. The van der Waals surface area contributed by atoms with E-state index in [1.54, 1.807) is 30.3 Å². The van der Waals surface area contributed by atoms with Crippen LogP contribution in [0.1, 0.15) is 16.7 Å². The van der Waals surface area contributed by atoms with Crippen LogP contribution in [-0.4, -0.2) is 14.2 Å². The van der Waals surface area contributed by atoms with E-state index in [0.29, 0.717) is 28.0 Å². The fourth-order valence-corrected chi connectivity index (χ4v) is 3.96. The largest absolute Gasteiger partial charge is 0.493 e. The van der Waals surface area contributed by atoms with Crippen LogP contribution in [-0.2, 0) is 6.61 Å². The van der Waals surface area contributed by atoms with Gasteiger partial charge in [-0.15, -0.1) is 0 Å². The van der Waals surface area contributed by atoms with Gasteiger partial charge in [0.25, 0.3) is 0 Å². The lowest BCUT2D eigenvalue weighted by Gasteiger charge is -2.15. The predicted octanol–water partition coefficient (Wildman–Crippen LogP) is 6.47. The molecule has 5 nitrogen and oxygen atoms in total. The second-order valence-corrected chi connectivity index (χ2v) is 8.01. The summed E-state index contributed by atoms with van der Waals surface area (Å²) in [5, 5.41) is 0.589. The Morgan fingerprint density at radius 2 is 1.76 bits per heavy atom. The molecule has 170 valence electrons. The van der Waals surface area contributed by atoms with E-state index in [0.717, 1.165) is 11.1 Å². The third-order valence-electron chi connectivity index (χ3n) is 5.35. The van der Waals surface area contributed by atoms with Crippen LogP contribution in [0, 0.1) is 19.7 Å². The van der Waals surface area contributed by atoms with Crippen LogP contribution in [0.25, 0.3) is 22.3 Å². The van der Waals surface area contributed by atoms with Gasteiger partial charge in [0, 0.05) is 11.1 Å². The van der Waals surface area contributed by atoms with Crippen LogP contribution in [0.5, 0.6) is 17.2 Å². The minimum absolute atomic E-state index is 0.0426. The SMILES string of the molecule is COc1ccc(-c2oc3c(C)cc(C)cc3c(=O)c2OCc2c(F)cccc2Cl)cc1OC. The van der Waals surface area contributed by atoms with Crippen LogP contribution >= 0.6 is 11.6 Å². The second-order valence-electron chi connectivity index (χ2n) is 7.61. The molecule has 4 rings (SSSR count). The standard InChI is InChI=1S/C26H22ClFO5/c1-14-10-15(2)24-17(11-14)23(29)26(32-13-18-19(27)6-5-7-20(18)28)25(33-24)16-8-9-21(30-3)22(12-16)31-4/h5-12H,13H2,1-4H3. The number of hydrogen-bond acceptors (Lipinski definition) is 5. The first-order valence-corrected chi connectivity index (χ1v) is 10.6. The number of rotatable bonds is 6. The molecular weight excluding hydrogens is 447 g/mol. The predicted molar refractivity (Wildman–Crippen MR) is 126 cm³/mol. The Morgan fingerprint density at radius 1 is 1.00 bits per heavy atom. The number of halogens is 2. The van der Waals surface area contributed by atoms with E-state index in [1.165, 1.54) is 26.4 Å². The van der Waals surface area contributed by atoms with Crippen molar-refractivity contribution in [3.05, 3.63) is 86.3 Å². The number of fused-ring (bicyclic) bond motifs is 1. The minimum atomic E-state index is -0.521. The molecule has 0 amide bonds. The van der Waals surface area contributed by atoms with E-state index in [4.69, 9.17) is 30.2 Å². The molecule has 0 aliphatic heterocycles. The molecule has 0 saturated heterocycles. The topological polar surface area (TPSA) is 57.9 Å². The quantitative estimate of drug-likeness (QED) is 0.325. The van der Waals surface area contributed by atoms with Crippen LogP contribution < -0.4 is 19.6 Å². The van der Waals surface area contributed by atoms with Crippen molar-refractivity contribution in [3.63, 3.8) is 0 Å². The molecule has 7 heteroatoms. The van der Waals surface area contributed by atoms with Crippen molar-refractivity contribution in [2.45, 2.75) is 20.5 Å². The third-order valence-corrected chi connectivity index (χ3v) is 5.70. The average molecular weight is 469 g/mol. The van der Waals surface area contributed by atoms with Crippen molar-refractivity contribution in [1.29, 1.82) is 0 Å². The fraction of sp³-hybridized carbons (Fsp3) is 0.192. The molecule has 3 aromatic carbocycles. The van der Waals surface area contributed by atoms with Crippen molar-refractivity contribution in [1.82, 2.24) is 0 Å². The van der Waals surface area contributed by atoms with Gasteiger partial charge in [-0.3, -0.25) is 4.79 Å². The lowest BCUT2D eigenvalue weighted by atomic mass is 10.0. The number of methoxy groups -OCH3 is 2. The van der Waals surface area contributed by atoms with Gasteiger partial charge in [0.15, 0.2) is 17.3 Å². The summed E-state index contributed by atoms with van der Waals surface area (Å²) < 4.78 is 37.1. The monoisotopic (exact) mass is 468 g/mol. The molecule has 0 fully saturated rings. The van der Waals surface area contributed by atoms with Gasteiger partial charge in [-0.25, -0.2) is 4.39 Å². The molecule has 0 unspecified atom stereocenters. The number of ether oxygens (including phenoxy) is 3. The summed E-state index contributed by atoms with van der Waals surface area (Å²) in [6.45, 7) is 3.52. The summed E-state index contributed by atoms with van der Waals surface area (Å²) in [4.78, 5) is 13.5. The Morgan fingerprint density at radius 3 is 2.45 bits per heavy atom. The van der Waals surface area contributed by atoms with Gasteiger partial charge in [-0.05, 0) is 61.4 Å². The zero-order valence-electron chi connectivity index (χ0n) is 18.6. The molecule has 0 N–H and O–H groups in total. The van der Waals surface area contributed by atoms with E-state index in [2.05, 4.69) is 0 Å². The molecule has 0 atom stereocenters. The van der Waals surface area contributed by atoms with Crippen molar-refractivity contribution >= 4 is 22.6 Å². The summed E-state index contributed by atoms with van der Waals surface area (Å²) in [6, 6.07) is 13.2. The van der Waals surface area contributed by atoms with Gasteiger partial charge >= 0.3 is 0 Å². The molecule has 0 aliphatic carbocycles. The molecule has 0 saturated carbocycles. The maximum absolute atomic E-state index is 14.3. The van der Waals surface area contributed by atoms with Gasteiger partial charge in [0.2, 0.25) is 11.2 Å². The number of hydrogen-bond donors (Lipinski definition) is 0. The molecule has 0 aliphatic rings.